The smallest absolute Gasteiger partial charge is 0.214 e. The van der Waals surface area contributed by atoms with Crippen molar-refractivity contribution in [3.8, 4) is 0 Å². The molecule has 0 spiro atoms. The molecule has 2 heterocycles. The van der Waals surface area contributed by atoms with Crippen molar-refractivity contribution in [1.82, 2.24) is 9.62 Å². The van der Waals surface area contributed by atoms with Crippen molar-refractivity contribution in [2.24, 2.45) is 5.92 Å². The first-order valence-electron chi connectivity index (χ1n) is 5.84. The molecule has 0 aromatic heterocycles. The summed E-state index contributed by atoms with van der Waals surface area (Å²) in [6.07, 6.45) is 2.85. The molecule has 0 saturated carbocycles. The van der Waals surface area contributed by atoms with Crippen molar-refractivity contribution < 1.29 is 8.42 Å². The van der Waals surface area contributed by atoms with Gasteiger partial charge in [-0.3, -0.25) is 0 Å². The molecular weight excluding hydrogens is 212 g/mol. The highest BCUT2D eigenvalue weighted by Gasteiger charge is 2.40. The van der Waals surface area contributed by atoms with Gasteiger partial charge in [0.05, 0.1) is 5.75 Å². The minimum Gasteiger partial charge on any atom is -0.312 e. The van der Waals surface area contributed by atoms with Gasteiger partial charge in [-0.1, -0.05) is 13.3 Å². The highest BCUT2D eigenvalue weighted by Crippen LogP contribution is 2.26. The van der Waals surface area contributed by atoms with Crippen molar-refractivity contribution in [3.05, 3.63) is 0 Å². The zero-order valence-electron chi connectivity index (χ0n) is 9.28. The second-order valence-electron chi connectivity index (χ2n) is 4.60. The third kappa shape index (κ3) is 2.34. The maximum Gasteiger partial charge on any atom is 0.214 e. The fraction of sp³-hybridized carbons (Fsp3) is 1.00. The third-order valence-corrected chi connectivity index (χ3v) is 5.37. The molecule has 15 heavy (non-hydrogen) atoms. The molecule has 88 valence electrons. The molecule has 2 unspecified atom stereocenters. The van der Waals surface area contributed by atoms with E-state index in [9.17, 15) is 8.42 Å². The number of nitrogens with zero attached hydrogens (tertiary/aromatic N) is 1. The van der Waals surface area contributed by atoms with Crippen LogP contribution in [0.25, 0.3) is 0 Å². The Balaban J connectivity index is 1.95. The van der Waals surface area contributed by atoms with Gasteiger partial charge in [0, 0.05) is 19.1 Å². The minimum atomic E-state index is -2.97. The minimum absolute atomic E-state index is 0.322. The Kier molecular flexibility index (Phi) is 3.33. The quantitative estimate of drug-likeness (QED) is 0.764. The van der Waals surface area contributed by atoms with Crippen LogP contribution in [0.15, 0.2) is 0 Å². The Morgan fingerprint density at radius 1 is 1.40 bits per heavy atom. The number of sulfonamides is 1. The summed E-state index contributed by atoms with van der Waals surface area (Å²) >= 11 is 0. The molecule has 0 radical (unpaired) electrons. The summed E-state index contributed by atoms with van der Waals surface area (Å²) in [5.41, 5.74) is 0. The fourth-order valence-corrected chi connectivity index (χ4v) is 4.21. The number of unbranched alkanes of at least 4 members (excludes halogenated alkanes) is 1. The number of hydrogen-bond donors (Lipinski definition) is 1. The van der Waals surface area contributed by atoms with E-state index >= 15 is 0 Å². The van der Waals surface area contributed by atoms with E-state index in [0.29, 0.717) is 24.3 Å². The molecule has 2 rings (SSSR count). The van der Waals surface area contributed by atoms with Crippen molar-refractivity contribution >= 4 is 10.0 Å². The van der Waals surface area contributed by atoms with Crippen LogP contribution in [0, 0.1) is 5.92 Å². The molecule has 0 bridgehead atoms. The average Bonchev–Trinajstić information content (AvgIpc) is 2.73. The topological polar surface area (TPSA) is 49.4 Å². The Morgan fingerprint density at radius 2 is 2.20 bits per heavy atom. The summed E-state index contributed by atoms with van der Waals surface area (Å²) < 4.78 is 25.5. The normalized spacial score (nSPS) is 32.1. The standard InChI is InChI=1S/C10H20N2O2S/c1-2-3-6-15(13,14)12-7-9-4-5-11-10(9)8-12/h9-11H,2-8H2,1H3. The summed E-state index contributed by atoms with van der Waals surface area (Å²) in [4.78, 5) is 0. The Bertz CT molecular complexity index is 303. The summed E-state index contributed by atoms with van der Waals surface area (Å²) in [6, 6.07) is 0.418. The predicted molar refractivity (Wildman–Crippen MR) is 60.2 cm³/mol. The Morgan fingerprint density at radius 3 is 2.87 bits per heavy atom. The largest absolute Gasteiger partial charge is 0.312 e. The van der Waals surface area contributed by atoms with Gasteiger partial charge in [0.15, 0.2) is 0 Å². The molecule has 0 amide bonds. The van der Waals surface area contributed by atoms with Gasteiger partial charge in [-0.2, -0.15) is 0 Å². The molecule has 2 atom stereocenters. The Hall–Kier alpha value is -0.130. The van der Waals surface area contributed by atoms with Gasteiger partial charge < -0.3 is 5.32 Å². The van der Waals surface area contributed by atoms with Crippen LogP contribution in [0.3, 0.4) is 0 Å². The van der Waals surface area contributed by atoms with Crippen molar-refractivity contribution in [3.63, 3.8) is 0 Å². The molecule has 2 fully saturated rings. The van der Waals surface area contributed by atoms with Crippen LogP contribution in [0.5, 0.6) is 0 Å². The van der Waals surface area contributed by atoms with Gasteiger partial charge >= 0.3 is 0 Å². The molecular formula is C10H20N2O2S. The average molecular weight is 232 g/mol. The lowest BCUT2D eigenvalue weighted by atomic mass is 10.1. The van der Waals surface area contributed by atoms with E-state index in [1.54, 1.807) is 4.31 Å². The van der Waals surface area contributed by atoms with Gasteiger partial charge in [0.1, 0.15) is 0 Å². The molecule has 0 aromatic carbocycles. The lowest BCUT2D eigenvalue weighted by Crippen LogP contribution is -2.35. The fourth-order valence-electron chi connectivity index (χ4n) is 2.49. The van der Waals surface area contributed by atoms with E-state index in [2.05, 4.69) is 5.32 Å². The van der Waals surface area contributed by atoms with E-state index in [-0.39, 0.29) is 0 Å². The maximum atomic E-state index is 11.9. The maximum absolute atomic E-state index is 11.9. The predicted octanol–water partition coefficient (Wildman–Crippen LogP) is 0.410. The van der Waals surface area contributed by atoms with Crippen LogP contribution in [0.4, 0.5) is 0 Å². The van der Waals surface area contributed by atoms with Crippen LogP contribution in [0.2, 0.25) is 0 Å². The van der Waals surface area contributed by atoms with E-state index < -0.39 is 10.0 Å². The summed E-state index contributed by atoms with van der Waals surface area (Å²) in [6.45, 7) is 4.51. The van der Waals surface area contributed by atoms with Crippen LogP contribution < -0.4 is 5.32 Å². The first-order valence-corrected chi connectivity index (χ1v) is 7.45. The second-order valence-corrected chi connectivity index (χ2v) is 6.68. The lowest BCUT2D eigenvalue weighted by Gasteiger charge is -2.16. The molecule has 2 saturated heterocycles. The third-order valence-electron chi connectivity index (χ3n) is 3.48. The lowest BCUT2D eigenvalue weighted by molar-refractivity contribution is 0.447. The molecule has 5 heteroatoms. The highest BCUT2D eigenvalue weighted by atomic mass is 32.2. The molecule has 0 aromatic rings. The first-order chi connectivity index (χ1) is 7.13. The second kappa shape index (κ2) is 4.39. The van der Waals surface area contributed by atoms with E-state index in [4.69, 9.17) is 0 Å². The highest BCUT2D eigenvalue weighted by molar-refractivity contribution is 7.89. The number of nitrogens with one attached hydrogen (secondary N) is 1. The van der Waals surface area contributed by atoms with Gasteiger partial charge in [0.25, 0.3) is 0 Å². The van der Waals surface area contributed by atoms with Gasteiger partial charge in [-0.15, -0.1) is 0 Å². The number of fused-ring (bicyclic) bond motifs is 1. The van der Waals surface area contributed by atoms with Crippen LogP contribution in [0.1, 0.15) is 26.2 Å². The molecule has 2 aliphatic rings. The monoisotopic (exact) mass is 232 g/mol. The van der Waals surface area contributed by atoms with Crippen molar-refractivity contribution in [1.29, 1.82) is 0 Å². The summed E-state index contributed by atoms with van der Waals surface area (Å²) in [7, 11) is -2.97. The SMILES string of the molecule is CCCCS(=O)(=O)N1CC2CCNC2C1. The molecule has 1 N–H and O–H groups in total. The number of hydrogen-bond acceptors (Lipinski definition) is 3. The van der Waals surface area contributed by atoms with Crippen LogP contribution in [-0.2, 0) is 10.0 Å². The van der Waals surface area contributed by atoms with Crippen LogP contribution >= 0.6 is 0 Å². The molecule has 0 aliphatic carbocycles. The molecule has 4 nitrogen and oxygen atoms in total. The van der Waals surface area contributed by atoms with Gasteiger partial charge in [0.2, 0.25) is 10.0 Å². The Labute approximate surface area is 92.1 Å². The van der Waals surface area contributed by atoms with Crippen molar-refractivity contribution in [2.45, 2.75) is 32.2 Å². The van der Waals surface area contributed by atoms with Crippen LogP contribution in [-0.4, -0.2) is 44.2 Å². The molecule has 2 aliphatic heterocycles. The van der Waals surface area contributed by atoms with Gasteiger partial charge in [-0.25, -0.2) is 12.7 Å². The van der Waals surface area contributed by atoms with E-state index in [1.807, 2.05) is 6.92 Å². The summed E-state index contributed by atoms with van der Waals surface area (Å²) in [5, 5.41) is 3.37. The van der Waals surface area contributed by atoms with E-state index in [1.165, 1.54) is 0 Å². The summed E-state index contributed by atoms with van der Waals surface area (Å²) in [5.74, 6) is 0.879. The van der Waals surface area contributed by atoms with Gasteiger partial charge in [-0.05, 0) is 25.3 Å². The van der Waals surface area contributed by atoms with Crippen molar-refractivity contribution in [2.75, 3.05) is 25.4 Å². The first kappa shape index (κ1) is 11.4. The number of rotatable bonds is 4. The zero-order valence-corrected chi connectivity index (χ0v) is 10.1. The van der Waals surface area contributed by atoms with E-state index in [0.717, 1.165) is 32.4 Å². The zero-order chi connectivity index (χ0) is 10.9.